The van der Waals surface area contributed by atoms with Crippen LogP contribution in [0.2, 0.25) is 0 Å². The highest BCUT2D eigenvalue weighted by Crippen LogP contribution is 2.24. The summed E-state index contributed by atoms with van der Waals surface area (Å²) in [5.41, 5.74) is 0.921. The lowest BCUT2D eigenvalue weighted by Crippen LogP contribution is -2.30. The van der Waals surface area contributed by atoms with Gasteiger partial charge in [0.1, 0.15) is 0 Å². The smallest absolute Gasteiger partial charge is 0.231 e. The average Bonchev–Trinajstić information content (AvgIpc) is 3.11. The number of aromatic nitrogens is 5. The fraction of sp³-hybridized carbons (Fsp3) is 0.643. The molecule has 118 valence electrons. The minimum atomic E-state index is -0.296. The first-order chi connectivity index (χ1) is 10.8. The minimum absolute atomic E-state index is 0.0635. The second-order valence-corrected chi connectivity index (χ2v) is 5.56. The summed E-state index contributed by atoms with van der Waals surface area (Å²) in [6, 6.07) is 1.89. The van der Waals surface area contributed by atoms with Crippen molar-refractivity contribution in [3.8, 4) is 0 Å². The molecule has 0 aromatic carbocycles. The zero-order chi connectivity index (χ0) is 15.4. The number of amides is 1. The maximum absolute atomic E-state index is 12.4. The molecular formula is C14H20N6O2. The monoisotopic (exact) mass is 304 g/mol. The summed E-state index contributed by atoms with van der Waals surface area (Å²) in [5.74, 6) is 0.964. The molecule has 8 heteroatoms. The fourth-order valence-corrected chi connectivity index (χ4v) is 2.72. The van der Waals surface area contributed by atoms with Gasteiger partial charge in [-0.2, -0.15) is 0 Å². The standard InChI is InChI=1S/C14H20N6O2/c1-2-5-10-8-11(22-17-10)9-15-14(21)12-6-3-4-7-20-13(12)16-18-19-20/h8,12H,2-7,9H2,1H3,(H,15,21)/t12-/m1/s1. The van der Waals surface area contributed by atoms with Crippen LogP contribution in [0.25, 0.3) is 0 Å². The molecule has 3 heterocycles. The Kier molecular flexibility index (Phi) is 4.45. The van der Waals surface area contributed by atoms with Crippen molar-refractivity contribution < 1.29 is 9.32 Å². The number of carbonyl (C=O) groups excluding carboxylic acids is 1. The Morgan fingerprint density at radius 1 is 1.50 bits per heavy atom. The lowest BCUT2D eigenvalue weighted by molar-refractivity contribution is -0.123. The molecular weight excluding hydrogens is 284 g/mol. The summed E-state index contributed by atoms with van der Waals surface area (Å²) >= 11 is 0. The zero-order valence-corrected chi connectivity index (χ0v) is 12.7. The first-order valence-electron chi connectivity index (χ1n) is 7.76. The van der Waals surface area contributed by atoms with Gasteiger partial charge in [0.15, 0.2) is 11.6 Å². The van der Waals surface area contributed by atoms with Crippen molar-refractivity contribution in [2.75, 3.05) is 0 Å². The van der Waals surface area contributed by atoms with Gasteiger partial charge in [-0.05, 0) is 29.7 Å². The first-order valence-corrected chi connectivity index (χ1v) is 7.76. The van der Waals surface area contributed by atoms with Crippen molar-refractivity contribution in [1.29, 1.82) is 0 Å². The predicted octanol–water partition coefficient (Wildman–Crippen LogP) is 1.20. The summed E-state index contributed by atoms with van der Waals surface area (Å²) in [4.78, 5) is 12.4. The van der Waals surface area contributed by atoms with Crippen LogP contribution in [0.3, 0.4) is 0 Å². The highest BCUT2D eigenvalue weighted by Gasteiger charge is 2.28. The lowest BCUT2D eigenvalue weighted by atomic mass is 10.0. The largest absolute Gasteiger partial charge is 0.359 e. The van der Waals surface area contributed by atoms with Gasteiger partial charge in [-0.1, -0.05) is 24.9 Å². The number of hydrogen-bond acceptors (Lipinski definition) is 6. The van der Waals surface area contributed by atoms with E-state index in [-0.39, 0.29) is 11.8 Å². The van der Waals surface area contributed by atoms with E-state index in [0.29, 0.717) is 18.1 Å². The predicted molar refractivity (Wildman–Crippen MR) is 76.8 cm³/mol. The number of fused-ring (bicyclic) bond motifs is 1. The molecule has 0 spiro atoms. The van der Waals surface area contributed by atoms with E-state index < -0.39 is 0 Å². The van der Waals surface area contributed by atoms with E-state index in [0.717, 1.165) is 44.3 Å². The van der Waals surface area contributed by atoms with Gasteiger partial charge in [-0.25, -0.2) is 4.68 Å². The SMILES string of the molecule is CCCc1cc(CNC(=O)[C@@H]2CCCCn3nnnc32)on1. The van der Waals surface area contributed by atoms with Crippen molar-refractivity contribution >= 4 is 5.91 Å². The molecule has 2 aromatic rings. The molecule has 0 fully saturated rings. The average molecular weight is 304 g/mol. The van der Waals surface area contributed by atoms with E-state index in [1.807, 2.05) is 6.07 Å². The summed E-state index contributed by atoms with van der Waals surface area (Å²) < 4.78 is 6.95. The van der Waals surface area contributed by atoms with Crippen molar-refractivity contribution in [1.82, 2.24) is 30.7 Å². The van der Waals surface area contributed by atoms with Crippen LogP contribution in [0.5, 0.6) is 0 Å². The Labute approximate surface area is 128 Å². The zero-order valence-electron chi connectivity index (χ0n) is 12.7. The van der Waals surface area contributed by atoms with Gasteiger partial charge in [0.25, 0.3) is 0 Å². The van der Waals surface area contributed by atoms with E-state index in [4.69, 9.17) is 4.52 Å². The van der Waals surface area contributed by atoms with Crippen LogP contribution in [-0.4, -0.2) is 31.3 Å². The molecule has 1 N–H and O–H groups in total. The van der Waals surface area contributed by atoms with E-state index in [1.165, 1.54) is 0 Å². The maximum atomic E-state index is 12.4. The summed E-state index contributed by atoms with van der Waals surface area (Å²) in [6.07, 6.45) is 4.64. The normalized spacial score (nSPS) is 17.8. The number of rotatable bonds is 5. The van der Waals surface area contributed by atoms with Crippen molar-refractivity contribution in [2.45, 2.75) is 58.0 Å². The van der Waals surface area contributed by atoms with Crippen LogP contribution < -0.4 is 5.32 Å². The van der Waals surface area contributed by atoms with Crippen LogP contribution in [-0.2, 0) is 24.3 Å². The molecule has 1 atom stereocenters. The highest BCUT2D eigenvalue weighted by atomic mass is 16.5. The third-order valence-electron chi connectivity index (χ3n) is 3.85. The van der Waals surface area contributed by atoms with Gasteiger partial charge in [0.2, 0.25) is 5.91 Å². The summed E-state index contributed by atoms with van der Waals surface area (Å²) in [7, 11) is 0. The van der Waals surface area contributed by atoms with E-state index in [1.54, 1.807) is 4.68 Å². The molecule has 0 radical (unpaired) electrons. The third-order valence-corrected chi connectivity index (χ3v) is 3.85. The Morgan fingerprint density at radius 3 is 3.27 bits per heavy atom. The van der Waals surface area contributed by atoms with Crippen LogP contribution in [0.15, 0.2) is 10.6 Å². The lowest BCUT2D eigenvalue weighted by Gasteiger charge is -2.12. The quantitative estimate of drug-likeness (QED) is 0.891. The number of tetrazole rings is 1. The molecule has 0 aliphatic carbocycles. The van der Waals surface area contributed by atoms with Crippen molar-refractivity contribution in [3.05, 3.63) is 23.3 Å². The first kappa shape index (κ1) is 14.7. The molecule has 1 aliphatic rings. The van der Waals surface area contributed by atoms with Gasteiger partial charge in [0.05, 0.1) is 18.2 Å². The molecule has 3 rings (SSSR count). The van der Waals surface area contributed by atoms with Gasteiger partial charge in [-0.3, -0.25) is 4.79 Å². The maximum Gasteiger partial charge on any atom is 0.231 e. The molecule has 0 unspecified atom stereocenters. The Hall–Kier alpha value is -2.25. The highest BCUT2D eigenvalue weighted by molar-refractivity contribution is 5.82. The second-order valence-electron chi connectivity index (χ2n) is 5.56. The molecule has 0 saturated heterocycles. The Bertz CT molecular complexity index is 635. The number of nitrogens with zero attached hydrogens (tertiary/aromatic N) is 5. The van der Waals surface area contributed by atoms with Gasteiger partial charge in [0, 0.05) is 12.6 Å². The van der Waals surface area contributed by atoms with Crippen LogP contribution in [0, 0.1) is 0 Å². The van der Waals surface area contributed by atoms with E-state index in [2.05, 4.69) is 32.9 Å². The molecule has 1 aliphatic heterocycles. The van der Waals surface area contributed by atoms with Crippen molar-refractivity contribution in [3.63, 3.8) is 0 Å². The molecule has 1 amide bonds. The number of carbonyl (C=O) groups is 1. The van der Waals surface area contributed by atoms with Crippen LogP contribution >= 0.6 is 0 Å². The number of aryl methyl sites for hydroxylation is 2. The van der Waals surface area contributed by atoms with E-state index >= 15 is 0 Å². The number of nitrogens with one attached hydrogen (secondary N) is 1. The number of hydrogen-bond donors (Lipinski definition) is 1. The van der Waals surface area contributed by atoms with Crippen LogP contribution in [0.1, 0.15) is 55.8 Å². The van der Waals surface area contributed by atoms with Gasteiger partial charge in [-0.15, -0.1) is 5.10 Å². The van der Waals surface area contributed by atoms with Gasteiger partial charge >= 0.3 is 0 Å². The topological polar surface area (TPSA) is 98.7 Å². The van der Waals surface area contributed by atoms with Gasteiger partial charge < -0.3 is 9.84 Å². The minimum Gasteiger partial charge on any atom is -0.359 e. The molecule has 22 heavy (non-hydrogen) atoms. The van der Waals surface area contributed by atoms with Crippen LogP contribution in [0.4, 0.5) is 0 Å². The second kappa shape index (κ2) is 6.67. The molecule has 0 bridgehead atoms. The third kappa shape index (κ3) is 3.15. The Morgan fingerprint density at radius 2 is 2.41 bits per heavy atom. The van der Waals surface area contributed by atoms with Crippen molar-refractivity contribution in [2.24, 2.45) is 0 Å². The summed E-state index contributed by atoms with van der Waals surface area (Å²) in [5, 5.41) is 18.5. The Balaban J connectivity index is 1.62. The van der Waals surface area contributed by atoms with E-state index in [9.17, 15) is 4.79 Å². The molecule has 8 nitrogen and oxygen atoms in total. The fourth-order valence-electron chi connectivity index (χ4n) is 2.72. The summed E-state index contributed by atoms with van der Waals surface area (Å²) in [6.45, 7) is 3.20. The molecule has 0 saturated carbocycles. The molecule has 2 aromatic heterocycles.